The van der Waals surface area contributed by atoms with E-state index in [1.807, 2.05) is 30.3 Å². The van der Waals surface area contributed by atoms with Gasteiger partial charge in [-0.15, -0.1) is 0 Å². The Kier molecular flexibility index (Phi) is 9.15. The van der Waals surface area contributed by atoms with Gasteiger partial charge < -0.3 is 14.8 Å². The normalized spacial score (nSPS) is 24.5. The zero-order valence-electron chi connectivity index (χ0n) is 24.8. The summed E-state index contributed by atoms with van der Waals surface area (Å²) in [7, 11) is 0. The Bertz CT molecular complexity index is 1400. The summed E-state index contributed by atoms with van der Waals surface area (Å²) in [5, 5.41) is 3.51. The van der Waals surface area contributed by atoms with E-state index in [9.17, 15) is 13.2 Å². The Morgan fingerprint density at radius 1 is 0.886 bits per heavy atom. The van der Waals surface area contributed by atoms with Crippen molar-refractivity contribution in [1.29, 1.82) is 0 Å². The molecular weight excluding hydrogens is 575 g/mol. The highest BCUT2D eigenvalue weighted by Gasteiger charge is 2.40. The number of ether oxygens (including phenoxy) is 2. The number of benzene rings is 3. The van der Waals surface area contributed by atoms with Crippen LogP contribution in [0.3, 0.4) is 0 Å². The summed E-state index contributed by atoms with van der Waals surface area (Å²) in [6, 6.07) is 15.7. The van der Waals surface area contributed by atoms with E-state index in [-0.39, 0.29) is 23.8 Å². The van der Waals surface area contributed by atoms with E-state index in [1.54, 1.807) is 18.2 Å². The number of halogens is 5. The molecule has 0 bridgehead atoms. The molecule has 1 N–H and O–H groups in total. The zero-order chi connectivity index (χ0) is 30.7. The molecule has 2 fully saturated rings. The fourth-order valence-electron chi connectivity index (χ4n) is 7.32. The van der Waals surface area contributed by atoms with E-state index >= 15 is 8.78 Å². The van der Waals surface area contributed by atoms with Crippen molar-refractivity contribution < 1.29 is 31.4 Å². The Morgan fingerprint density at radius 3 is 2.39 bits per heavy atom. The Morgan fingerprint density at radius 2 is 1.66 bits per heavy atom. The zero-order valence-corrected chi connectivity index (χ0v) is 24.8. The third kappa shape index (κ3) is 7.20. The molecule has 6 rings (SSSR count). The van der Waals surface area contributed by atoms with Crippen molar-refractivity contribution in [2.24, 2.45) is 5.41 Å². The summed E-state index contributed by atoms with van der Waals surface area (Å²) in [6.45, 7) is 1.08. The van der Waals surface area contributed by atoms with E-state index in [4.69, 9.17) is 9.47 Å². The quantitative estimate of drug-likeness (QED) is 0.273. The molecule has 0 aromatic heterocycles. The highest BCUT2D eigenvalue weighted by Crippen LogP contribution is 2.43. The summed E-state index contributed by atoms with van der Waals surface area (Å²) in [6.07, 6.45) is 2.64. The molecule has 3 unspecified atom stereocenters. The molecule has 2 heterocycles. The number of hydrogen-bond donors (Lipinski definition) is 1. The van der Waals surface area contributed by atoms with Gasteiger partial charge in [0.2, 0.25) is 0 Å². The van der Waals surface area contributed by atoms with Crippen molar-refractivity contribution in [1.82, 2.24) is 10.2 Å². The third-order valence-electron chi connectivity index (χ3n) is 9.49. The molecule has 9 heteroatoms. The Labute approximate surface area is 255 Å². The second-order valence-corrected chi connectivity index (χ2v) is 12.6. The lowest BCUT2D eigenvalue weighted by Crippen LogP contribution is -2.42. The molecule has 1 spiro atoms. The maximum absolute atomic E-state index is 15.8. The van der Waals surface area contributed by atoms with Crippen LogP contribution in [-0.4, -0.2) is 43.4 Å². The summed E-state index contributed by atoms with van der Waals surface area (Å²) < 4.78 is 84.7. The van der Waals surface area contributed by atoms with Gasteiger partial charge in [0.05, 0.1) is 18.7 Å². The van der Waals surface area contributed by atoms with Crippen LogP contribution in [0.15, 0.2) is 60.7 Å². The van der Waals surface area contributed by atoms with Gasteiger partial charge in [0, 0.05) is 30.8 Å². The van der Waals surface area contributed by atoms with E-state index in [0.717, 1.165) is 74.2 Å². The molecule has 44 heavy (non-hydrogen) atoms. The third-order valence-corrected chi connectivity index (χ3v) is 9.49. The van der Waals surface area contributed by atoms with Gasteiger partial charge in [0.25, 0.3) is 0 Å². The number of nitrogens with zero attached hydrogens (tertiary/aromatic N) is 1. The van der Waals surface area contributed by atoms with E-state index in [1.165, 1.54) is 6.42 Å². The van der Waals surface area contributed by atoms with Crippen LogP contribution in [0, 0.1) is 17.0 Å². The van der Waals surface area contributed by atoms with Crippen LogP contribution in [0.25, 0.3) is 0 Å². The minimum atomic E-state index is -4.53. The van der Waals surface area contributed by atoms with Gasteiger partial charge in [0.15, 0.2) is 0 Å². The van der Waals surface area contributed by atoms with E-state index < -0.39 is 36.0 Å². The largest absolute Gasteiger partial charge is 0.490 e. The molecule has 4 nitrogen and oxygen atoms in total. The number of hydrogen-bond acceptors (Lipinski definition) is 4. The SMILES string of the molecule is Fc1cc(OC2CCCC3(CCCNC3)CC2)cc(F)c1C1c2ccc(OCc3ccccc3)cc2CCN1CC(F)(F)F. The summed E-state index contributed by atoms with van der Waals surface area (Å²) in [5.74, 6) is -1.18. The average molecular weight is 615 g/mol. The Hall–Kier alpha value is -3.17. The molecule has 1 aliphatic carbocycles. The number of fused-ring (bicyclic) bond motifs is 1. The minimum Gasteiger partial charge on any atom is -0.490 e. The summed E-state index contributed by atoms with van der Waals surface area (Å²) >= 11 is 0. The molecular formula is C35H39F5N2O2. The molecule has 3 atom stereocenters. The lowest BCUT2D eigenvalue weighted by molar-refractivity contribution is -0.150. The predicted molar refractivity (Wildman–Crippen MR) is 159 cm³/mol. The first-order valence-electron chi connectivity index (χ1n) is 15.6. The first kappa shape index (κ1) is 30.8. The van der Waals surface area contributed by atoms with Crippen molar-refractivity contribution in [3.05, 3.63) is 94.6 Å². The van der Waals surface area contributed by atoms with Crippen LogP contribution in [0.4, 0.5) is 22.0 Å². The summed E-state index contributed by atoms with van der Waals surface area (Å²) in [5.41, 5.74) is 1.99. The standard InChI is InChI=1S/C35H39F5N2O2/c36-30-19-28(44-26-8-4-13-34(15-11-26)14-5-16-41-22-34)20-31(37)32(30)33-29-10-9-27(43-21-24-6-2-1-3-7-24)18-25(29)12-17-42(33)23-35(38,39)40/h1-3,6-7,9-10,18-20,26,33,41H,4-5,8,11-17,21-23H2. The monoisotopic (exact) mass is 614 g/mol. The number of piperidine rings is 1. The fourth-order valence-corrected chi connectivity index (χ4v) is 7.32. The molecule has 0 radical (unpaired) electrons. The van der Waals surface area contributed by atoms with Crippen LogP contribution in [0.1, 0.15) is 73.2 Å². The van der Waals surface area contributed by atoms with Crippen molar-refractivity contribution in [2.45, 2.75) is 76.3 Å². The average Bonchev–Trinajstić information content (AvgIpc) is 3.18. The van der Waals surface area contributed by atoms with Gasteiger partial charge in [-0.2, -0.15) is 13.2 Å². The number of rotatable bonds is 7. The van der Waals surface area contributed by atoms with Gasteiger partial charge in [-0.1, -0.05) is 36.4 Å². The lowest BCUT2D eigenvalue weighted by atomic mass is 9.75. The molecule has 1 saturated heterocycles. The van der Waals surface area contributed by atoms with Crippen molar-refractivity contribution in [3.8, 4) is 11.5 Å². The highest BCUT2D eigenvalue weighted by molar-refractivity contribution is 5.46. The molecule has 236 valence electrons. The van der Waals surface area contributed by atoms with Crippen LogP contribution >= 0.6 is 0 Å². The maximum Gasteiger partial charge on any atom is 0.401 e. The summed E-state index contributed by atoms with van der Waals surface area (Å²) in [4.78, 5) is 1.11. The maximum atomic E-state index is 15.8. The Balaban J connectivity index is 1.24. The van der Waals surface area contributed by atoms with Gasteiger partial charge in [-0.05, 0) is 92.1 Å². The second kappa shape index (κ2) is 13.1. The van der Waals surface area contributed by atoms with Crippen LogP contribution in [0.2, 0.25) is 0 Å². The van der Waals surface area contributed by atoms with Crippen LogP contribution in [0.5, 0.6) is 11.5 Å². The predicted octanol–water partition coefficient (Wildman–Crippen LogP) is 8.13. The van der Waals surface area contributed by atoms with Gasteiger partial charge in [-0.25, -0.2) is 8.78 Å². The topological polar surface area (TPSA) is 33.7 Å². The van der Waals surface area contributed by atoms with E-state index in [2.05, 4.69) is 5.32 Å². The lowest BCUT2D eigenvalue weighted by Gasteiger charge is -2.38. The van der Waals surface area contributed by atoms with Crippen molar-refractivity contribution in [3.63, 3.8) is 0 Å². The molecule has 3 aliphatic rings. The fraction of sp³-hybridized carbons (Fsp3) is 0.486. The first-order chi connectivity index (χ1) is 21.2. The van der Waals surface area contributed by atoms with Crippen molar-refractivity contribution >= 4 is 0 Å². The van der Waals surface area contributed by atoms with Crippen LogP contribution < -0.4 is 14.8 Å². The molecule has 2 aliphatic heterocycles. The smallest absolute Gasteiger partial charge is 0.401 e. The van der Waals surface area contributed by atoms with Gasteiger partial charge >= 0.3 is 6.18 Å². The molecule has 3 aromatic carbocycles. The highest BCUT2D eigenvalue weighted by atomic mass is 19.4. The van der Waals surface area contributed by atoms with Crippen LogP contribution in [-0.2, 0) is 13.0 Å². The van der Waals surface area contributed by atoms with Crippen molar-refractivity contribution in [2.75, 3.05) is 26.2 Å². The molecule has 3 aromatic rings. The van der Waals surface area contributed by atoms with Gasteiger partial charge in [-0.3, -0.25) is 4.90 Å². The van der Waals surface area contributed by atoms with E-state index in [0.29, 0.717) is 29.9 Å². The number of nitrogens with one attached hydrogen (secondary N) is 1. The second-order valence-electron chi connectivity index (χ2n) is 12.6. The molecule has 1 saturated carbocycles. The minimum absolute atomic E-state index is 0.00483. The molecule has 0 amide bonds. The number of alkyl halides is 3. The van der Waals surface area contributed by atoms with Gasteiger partial charge in [0.1, 0.15) is 29.7 Å². The first-order valence-corrected chi connectivity index (χ1v) is 15.6.